The van der Waals surface area contributed by atoms with E-state index < -0.39 is 379 Å². The molecular formula is C62H105NO51. The lowest BCUT2D eigenvalue weighted by Crippen LogP contribution is -2.69. The molecule has 664 valence electrons. The van der Waals surface area contributed by atoms with Crippen molar-refractivity contribution in [3.8, 4) is 0 Å². The van der Waals surface area contributed by atoms with Crippen molar-refractivity contribution in [3.63, 3.8) is 0 Å². The smallest absolute Gasteiger partial charge is 0.217 e. The first kappa shape index (κ1) is 93.7. The second kappa shape index (κ2) is 40.6. The summed E-state index contributed by atoms with van der Waals surface area (Å²) in [4.78, 5) is 12.4. The summed E-state index contributed by atoms with van der Waals surface area (Å²) in [5, 5.41) is 343. The molecule has 10 aliphatic rings. The maximum atomic E-state index is 12.6. The average Bonchev–Trinajstić information content (AvgIpc) is 0.766. The van der Waals surface area contributed by atoms with Gasteiger partial charge >= 0.3 is 0 Å². The molecule has 0 saturated carbocycles. The molecule has 10 saturated heterocycles. The molecule has 0 spiro atoms. The van der Waals surface area contributed by atoms with Crippen LogP contribution in [-0.2, 0) is 94.8 Å². The summed E-state index contributed by atoms with van der Waals surface area (Å²) >= 11 is 0. The van der Waals surface area contributed by atoms with E-state index in [1.54, 1.807) is 0 Å². The third kappa shape index (κ3) is 19.7. The molecule has 0 aliphatic carbocycles. The number of carbonyl (C=O) groups excluding carboxylic acids is 1. The Labute approximate surface area is 642 Å². The van der Waals surface area contributed by atoms with Gasteiger partial charge in [-0.15, -0.1) is 0 Å². The highest BCUT2D eigenvalue weighted by molar-refractivity contribution is 5.73. The minimum atomic E-state index is -2.57. The SMILES string of the molecule is CC(=O)N[C@@H]1[C@@H](O)[C@H](O[C@@H]2O[C@H](CO[C@H]3O[C@H](CO[C@H]4O[C@H](CO)[C@@H](O)[C@H](O)[C@@H]4O[C@H]4O[C@H](CO)[C@@H](O)[C@H](O)[C@@H]4O)[C@@H](O)[C@H](O[C@H]4O[C@H](CO)[C@@H](O)[C@H](O)[C@@H]4O)[C@@H]3O)[C@@H](O)[C@H](O[C@H]3O[C@H](CO)[C@@H](O)[C@H](O)[C@@H]3O[C@H]3O[C@H](CO)[C@@H](O)[C@H](O)[C@@H]3O[C@H]3O[C@H](CO)[C@@H](O)[C@H](O[C@H]4O[C@H](CO)[C@@H](O)[C@H](O)[C@@H]4O)[C@@H]3O)[C@@H]2O)[C@@H](CO)O[C@H]1O. The molecule has 0 unspecified atom stereocenters. The lowest BCUT2D eigenvalue weighted by molar-refractivity contribution is -0.410. The van der Waals surface area contributed by atoms with Gasteiger partial charge in [0, 0.05) is 6.92 Å². The summed E-state index contributed by atoms with van der Waals surface area (Å²) in [5.41, 5.74) is 0. The van der Waals surface area contributed by atoms with E-state index in [2.05, 4.69) is 5.32 Å². The van der Waals surface area contributed by atoms with Crippen molar-refractivity contribution in [2.45, 2.75) is 314 Å². The summed E-state index contributed by atoms with van der Waals surface area (Å²) in [5.74, 6) is -0.878. The van der Waals surface area contributed by atoms with Crippen LogP contribution >= 0.6 is 0 Å². The third-order valence-electron chi connectivity index (χ3n) is 21.3. The molecule has 50 atom stereocenters. The first-order chi connectivity index (χ1) is 54.0. The molecule has 0 aromatic rings. The largest absolute Gasteiger partial charge is 0.394 e. The van der Waals surface area contributed by atoms with Crippen LogP contribution in [0.4, 0.5) is 0 Å². The number of hydrogen-bond donors (Lipinski definition) is 32. The van der Waals surface area contributed by atoms with Crippen molar-refractivity contribution in [1.82, 2.24) is 5.32 Å². The monoisotopic (exact) mass is 1680 g/mol. The summed E-state index contributed by atoms with van der Waals surface area (Å²) in [6.45, 7) is -10.2. The highest BCUT2D eigenvalue weighted by Gasteiger charge is 2.61. The Morgan fingerprint density at radius 2 is 0.465 bits per heavy atom. The molecule has 32 N–H and O–H groups in total. The quantitative estimate of drug-likeness (QED) is 0.0331. The predicted octanol–water partition coefficient (Wildman–Crippen LogP) is -22.7. The summed E-state index contributed by atoms with van der Waals surface area (Å²) < 4.78 is 110. The zero-order valence-electron chi connectivity index (χ0n) is 60.0. The summed E-state index contributed by atoms with van der Waals surface area (Å²) in [6, 6.07) is -1.81. The Morgan fingerprint density at radius 3 is 0.816 bits per heavy atom. The highest BCUT2D eigenvalue weighted by atomic mass is 16.8. The van der Waals surface area contributed by atoms with E-state index in [0.717, 1.165) is 6.92 Å². The number of carbonyl (C=O) groups is 1. The van der Waals surface area contributed by atoms with E-state index in [1.165, 1.54) is 0 Å². The van der Waals surface area contributed by atoms with Gasteiger partial charge in [-0.3, -0.25) is 4.79 Å². The number of aliphatic hydroxyl groups is 31. The van der Waals surface area contributed by atoms with Crippen molar-refractivity contribution in [3.05, 3.63) is 0 Å². The van der Waals surface area contributed by atoms with Crippen LogP contribution in [-0.4, -0.2) is 537 Å². The fraction of sp³-hybridized carbons (Fsp3) is 0.984. The van der Waals surface area contributed by atoms with Gasteiger partial charge in [0.2, 0.25) is 5.91 Å². The van der Waals surface area contributed by atoms with Crippen LogP contribution < -0.4 is 5.32 Å². The van der Waals surface area contributed by atoms with E-state index in [-0.39, 0.29) is 0 Å². The zero-order chi connectivity index (χ0) is 83.7. The molecule has 0 radical (unpaired) electrons. The van der Waals surface area contributed by atoms with Gasteiger partial charge in [-0.05, 0) is 0 Å². The van der Waals surface area contributed by atoms with Gasteiger partial charge in [-0.2, -0.15) is 0 Å². The van der Waals surface area contributed by atoms with Crippen molar-refractivity contribution in [1.29, 1.82) is 0 Å². The number of amides is 1. The van der Waals surface area contributed by atoms with Gasteiger partial charge in [0.25, 0.3) is 0 Å². The van der Waals surface area contributed by atoms with Crippen molar-refractivity contribution in [2.75, 3.05) is 66.1 Å². The maximum absolute atomic E-state index is 12.6. The minimum Gasteiger partial charge on any atom is -0.394 e. The fourth-order valence-corrected chi connectivity index (χ4v) is 14.6. The van der Waals surface area contributed by atoms with E-state index in [9.17, 15) is 163 Å². The first-order valence-electron chi connectivity index (χ1n) is 36.2. The normalized spacial score (nSPS) is 52.6. The van der Waals surface area contributed by atoms with Crippen LogP contribution in [0, 0.1) is 0 Å². The summed E-state index contributed by atoms with van der Waals surface area (Å²) in [7, 11) is 0. The third-order valence-corrected chi connectivity index (χ3v) is 21.3. The Bertz CT molecular complexity index is 2920. The second-order valence-electron chi connectivity index (χ2n) is 28.8. The van der Waals surface area contributed by atoms with Crippen LogP contribution in [0.1, 0.15) is 6.92 Å². The van der Waals surface area contributed by atoms with Crippen LogP contribution in [0.2, 0.25) is 0 Å². The molecule has 10 aliphatic heterocycles. The molecule has 114 heavy (non-hydrogen) atoms. The average molecular weight is 1680 g/mol. The zero-order valence-corrected chi connectivity index (χ0v) is 60.0. The minimum absolute atomic E-state index is 0.878. The van der Waals surface area contributed by atoms with Crippen LogP contribution in [0.15, 0.2) is 0 Å². The number of aliphatic hydroxyl groups excluding tert-OH is 31. The number of nitrogens with one attached hydrogen (secondary N) is 1. The van der Waals surface area contributed by atoms with E-state index >= 15 is 0 Å². The van der Waals surface area contributed by atoms with E-state index in [1.807, 2.05) is 0 Å². The fourth-order valence-electron chi connectivity index (χ4n) is 14.6. The number of rotatable bonds is 29. The van der Waals surface area contributed by atoms with Gasteiger partial charge in [-0.25, -0.2) is 0 Å². The van der Waals surface area contributed by atoms with E-state index in [4.69, 9.17) is 90.0 Å². The van der Waals surface area contributed by atoms with Crippen LogP contribution in [0.5, 0.6) is 0 Å². The molecule has 10 rings (SSSR count). The molecule has 52 nitrogen and oxygen atoms in total. The first-order valence-corrected chi connectivity index (χ1v) is 36.2. The molecular weight excluding hydrogens is 1570 g/mol. The number of hydrogen-bond acceptors (Lipinski definition) is 51. The van der Waals surface area contributed by atoms with Crippen molar-refractivity contribution < 1.29 is 253 Å². The van der Waals surface area contributed by atoms with Crippen LogP contribution in [0.25, 0.3) is 0 Å². The molecule has 52 heteroatoms. The number of ether oxygens (including phenoxy) is 19. The van der Waals surface area contributed by atoms with Gasteiger partial charge in [-0.1, -0.05) is 0 Å². The van der Waals surface area contributed by atoms with Gasteiger partial charge < -0.3 is 254 Å². The Hall–Kier alpha value is -2.53. The molecule has 0 bridgehead atoms. The Morgan fingerprint density at radius 1 is 0.228 bits per heavy atom. The maximum Gasteiger partial charge on any atom is 0.217 e. The lowest BCUT2D eigenvalue weighted by Gasteiger charge is -2.50. The lowest BCUT2D eigenvalue weighted by atomic mass is 9.94. The Kier molecular flexibility index (Phi) is 33.4. The molecule has 1 amide bonds. The standard InChI is InChI=1S/C62H105NO51/c1-12(72)63-23-33(82)46(20(9-71)98-53(23)95)108-59-45(94)49(111-61-52(39(88)29(78)17(6-68)104-61)114-62-51(38(87)28(77)18(7-69)105-62)113-58-44(93)47(30(79)19(8-70)102-58)109-55-40(89)34(83)24(73)13(2-64)99-55)32(81)22(107-59)10-96-54-43(92)48(110-56-41(90)35(84)25(74)14(3-65)100-56)31(80)21(106-54)11-97-60-50(37(86)27(76)16(5-67)103-60)112-57-42(91)36(85)26(75)15(4-66)101-57/h13-62,64-71,73-95H,2-11H2,1H3,(H,63,72)/t13-,14-,15-,16-,17-,18-,19-,20-,21-,22-,23-,24-,25-,26-,27-,28-,29-,30-,31-,32-,33-,34+,35+,36+,37+,38+,39+,40+,41+,42+,43+,44+,45+,46-,47+,48+,49+,50+,51+,52+,53-,54+,55-,56-,57-,58-,59+,60+,61-,62-/m1/s1. The van der Waals surface area contributed by atoms with Crippen LogP contribution in [0.3, 0.4) is 0 Å². The van der Waals surface area contributed by atoms with Crippen molar-refractivity contribution in [2.24, 2.45) is 0 Å². The molecule has 10 fully saturated rings. The predicted molar refractivity (Wildman–Crippen MR) is 341 cm³/mol. The Balaban J connectivity index is 0.963. The molecule has 10 heterocycles. The molecule has 0 aromatic carbocycles. The van der Waals surface area contributed by atoms with E-state index in [0.29, 0.717) is 0 Å². The second-order valence-corrected chi connectivity index (χ2v) is 28.8. The van der Waals surface area contributed by atoms with Gasteiger partial charge in [0.1, 0.15) is 244 Å². The van der Waals surface area contributed by atoms with Crippen molar-refractivity contribution >= 4 is 5.91 Å². The highest BCUT2D eigenvalue weighted by Crippen LogP contribution is 2.40. The molecule has 0 aromatic heterocycles. The van der Waals surface area contributed by atoms with Gasteiger partial charge in [0.05, 0.1) is 66.1 Å². The summed E-state index contributed by atoms with van der Waals surface area (Å²) in [6.07, 6.45) is -106. The topological polar surface area (TPSA) is 832 Å². The van der Waals surface area contributed by atoms with Gasteiger partial charge in [0.15, 0.2) is 62.9 Å².